The number of benzene rings is 1. The zero-order chi connectivity index (χ0) is 13.3. The van der Waals surface area contributed by atoms with Gasteiger partial charge in [-0.3, -0.25) is 4.79 Å². The van der Waals surface area contributed by atoms with E-state index in [1.807, 2.05) is 19.1 Å². The third kappa shape index (κ3) is 2.16. The summed E-state index contributed by atoms with van der Waals surface area (Å²) in [5.74, 6) is -1.58. The number of hydrogen-bond donors (Lipinski definition) is 0. The van der Waals surface area contributed by atoms with Gasteiger partial charge in [-0.25, -0.2) is 0 Å². The fourth-order valence-electron chi connectivity index (χ4n) is 2.11. The highest BCUT2D eigenvalue weighted by Crippen LogP contribution is 2.33. The average Bonchev–Trinajstić information content (AvgIpc) is 2.71. The largest absolute Gasteiger partial charge is 0.550 e. The van der Waals surface area contributed by atoms with E-state index in [4.69, 9.17) is 4.74 Å². The normalized spacial score (nSPS) is 19.1. The number of ether oxygens (including phenoxy) is 1. The monoisotopic (exact) mass is 248 g/mol. The van der Waals surface area contributed by atoms with Crippen LogP contribution in [0.15, 0.2) is 18.2 Å². The summed E-state index contributed by atoms with van der Waals surface area (Å²) in [6.45, 7) is 2.04. The minimum atomic E-state index is -1.18. The smallest absolute Gasteiger partial charge is 0.227 e. The highest BCUT2D eigenvalue weighted by Gasteiger charge is 2.32. The van der Waals surface area contributed by atoms with Crippen molar-refractivity contribution in [2.24, 2.45) is 5.92 Å². The Hall–Kier alpha value is -2.04. The van der Waals surface area contributed by atoms with Gasteiger partial charge in [-0.05, 0) is 24.6 Å². The van der Waals surface area contributed by atoms with E-state index >= 15 is 0 Å². The van der Waals surface area contributed by atoms with Crippen LogP contribution in [0.25, 0.3) is 0 Å². The number of amides is 1. The second kappa shape index (κ2) is 4.68. The zero-order valence-corrected chi connectivity index (χ0v) is 10.3. The molecular weight excluding hydrogens is 234 g/mol. The van der Waals surface area contributed by atoms with Crippen LogP contribution in [0.2, 0.25) is 0 Å². The molecule has 1 aliphatic rings. The van der Waals surface area contributed by atoms with E-state index in [2.05, 4.69) is 0 Å². The van der Waals surface area contributed by atoms with Crippen LogP contribution in [0.5, 0.6) is 5.75 Å². The number of anilines is 1. The molecule has 1 fully saturated rings. The van der Waals surface area contributed by atoms with Crippen molar-refractivity contribution in [1.82, 2.24) is 0 Å². The summed E-state index contributed by atoms with van der Waals surface area (Å²) < 4.78 is 5.20. The summed E-state index contributed by atoms with van der Waals surface area (Å²) in [6, 6.07) is 5.46. The Kier molecular flexibility index (Phi) is 3.23. The number of rotatable bonds is 3. The summed E-state index contributed by atoms with van der Waals surface area (Å²) in [4.78, 5) is 24.1. The molecule has 1 atom stereocenters. The minimum Gasteiger partial charge on any atom is -0.550 e. The molecule has 0 saturated carbocycles. The first-order valence-electron chi connectivity index (χ1n) is 5.68. The van der Waals surface area contributed by atoms with Gasteiger partial charge in [0.1, 0.15) is 5.75 Å². The van der Waals surface area contributed by atoms with Crippen molar-refractivity contribution in [2.45, 2.75) is 13.3 Å². The van der Waals surface area contributed by atoms with Crippen molar-refractivity contribution < 1.29 is 19.4 Å². The summed E-state index contributed by atoms with van der Waals surface area (Å²) in [5.41, 5.74) is 1.60. The van der Waals surface area contributed by atoms with E-state index in [0.29, 0.717) is 11.4 Å². The van der Waals surface area contributed by atoms with Gasteiger partial charge in [0.2, 0.25) is 5.91 Å². The molecule has 18 heavy (non-hydrogen) atoms. The van der Waals surface area contributed by atoms with Crippen LogP contribution in [-0.2, 0) is 9.59 Å². The summed E-state index contributed by atoms with van der Waals surface area (Å²) in [5, 5.41) is 10.8. The van der Waals surface area contributed by atoms with Crippen LogP contribution < -0.4 is 14.7 Å². The van der Waals surface area contributed by atoms with Crippen molar-refractivity contribution in [3.05, 3.63) is 23.8 Å². The Morgan fingerprint density at radius 3 is 2.78 bits per heavy atom. The van der Waals surface area contributed by atoms with E-state index in [0.717, 1.165) is 5.56 Å². The molecule has 0 aliphatic carbocycles. The molecule has 0 unspecified atom stereocenters. The molecule has 5 nitrogen and oxygen atoms in total. The molecule has 5 heteroatoms. The number of carbonyl (C=O) groups is 2. The summed E-state index contributed by atoms with van der Waals surface area (Å²) in [7, 11) is 1.52. The van der Waals surface area contributed by atoms with Gasteiger partial charge in [-0.1, -0.05) is 6.07 Å². The number of nitrogens with zero attached hydrogens (tertiary/aromatic N) is 1. The lowest BCUT2D eigenvalue weighted by atomic mass is 10.1. The third-order valence-corrected chi connectivity index (χ3v) is 3.08. The summed E-state index contributed by atoms with van der Waals surface area (Å²) >= 11 is 0. The Morgan fingerprint density at radius 2 is 2.22 bits per heavy atom. The van der Waals surface area contributed by atoms with Crippen LogP contribution in [0.1, 0.15) is 12.0 Å². The molecule has 1 aromatic rings. The number of hydrogen-bond acceptors (Lipinski definition) is 4. The second-order valence-electron chi connectivity index (χ2n) is 4.40. The van der Waals surface area contributed by atoms with Crippen molar-refractivity contribution >= 4 is 17.6 Å². The molecule has 1 aliphatic heterocycles. The highest BCUT2D eigenvalue weighted by molar-refractivity contribution is 6.00. The standard InChI is InChI=1S/C13H15NO4/c1-8-3-4-11(18-2)10(5-8)14-7-9(13(16)17)6-12(14)15/h3-5,9H,6-7H2,1-2H3,(H,16,17)/p-1/t9-/m1/s1. The van der Waals surface area contributed by atoms with Crippen LogP contribution in [0.3, 0.4) is 0 Å². The number of carboxylic acid groups (broad SMARTS) is 1. The number of aryl methyl sites for hydroxylation is 1. The first kappa shape index (κ1) is 12.4. The number of aliphatic carboxylic acids is 1. The van der Waals surface area contributed by atoms with E-state index in [1.54, 1.807) is 6.07 Å². The molecule has 0 radical (unpaired) electrons. The Labute approximate surface area is 105 Å². The van der Waals surface area contributed by atoms with Gasteiger partial charge < -0.3 is 19.5 Å². The van der Waals surface area contributed by atoms with E-state index in [-0.39, 0.29) is 18.9 Å². The first-order chi connectivity index (χ1) is 8.52. The van der Waals surface area contributed by atoms with Crippen molar-refractivity contribution in [3.63, 3.8) is 0 Å². The van der Waals surface area contributed by atoms with E-state index in [9.17, 15) is 14.7 Å². The van der Waals surface area contributed by atoms with Crippen molar-refractivity contribution in [1.29, 1.82) is 0 Å². The Morgan fingerprint density at radius 1 is 1.50 bits per heavy atom. The molecular formula is C13H14NO4-. The molecule has 1 aromatic carbocycles. The average molecular weight is 248 g/mol. The third-order valence-electron chi connectivity index (χ3n) is 3.08. The lowest BCUT2D eigenvalue weighted by Gasteiger charge is -2.20. The molecule has 0 N–H and O–H groups in total. The van der Waals surface area contributed by atoms with Gasteiger partial charge in [0.25, 0.3) is 0 Å². The SMILES string of the molecule is COc1ccc(C)cc1N1C[C@H](C(=O)[O-])CC1=O. The Bertz CT molecular complexity index is 498. The quantitative estimate of drug-likeness (QED) is 0.761. The van der Waals surface area contributed by atoms with Gasteiger partial charge in [-0.2, -0.15) is 0 Å². The molecule has 96 valence electrons. The van der Waals surface area contributed by atoms with Crippen LogP contribution in [0.4, 0.5) is 5.69 Å². The predicted molar refractivity (Wildman–Crippen MR) is 63.2 cm³/mol. The minimum absolute atomic E-state index is 0.0145. The maximum Gasteiger partial charge on any atom is 0.227 e. The van der Waals surface area contributed by atoms with Gasteiger partial charge in [0.15, 0.2) is 0 Å². The number of carbonyl (C=O) groups excluding carboxylic acids is 2. The second-order valence-corrected chi connectivity index (χ2v) is 4.40. The van der Waals surface area contributed by atoms with Gasteiger partial charge in [-0.15, -0.1) is 0 Å². The zero-order valence-electron chi connectivity index (χ0n) is 10.3. The van der Waals surface area contributed by atoms with Gasteiger partial charge >= 0.3 is 0 Å². The molecule has 0 aromatic heterocycles. The lowest BCUT2D eigenvalue weighted by molar-refractivity contribution is -0.310. The lowest BCUT2D eigenvalue weighted by Crippen LogP contribution is -2.33. The van der Waals surface area contributed by atoms with Gasteiger partial charge in [0.05, 0.1) is 12.8 Å². The molecule has 1 heterocycles. The van der Waals surface area contributed by atoms with E-state index < -0.39 is 11.9 Å². The van der Waals surface area contributed by atoms with Crippen molar-refractivity contribution in [3.8, 4) is 5.75 Å². The van der Waals surface area contributed by atoms with Crippen molar-refractivity contribution in [2.75, 3.05) is 18.6 Å². The van der Waals surface area contributed by atoms with Crippen LogP contribution >= 0.6 is 0 Å². The fraction of sp³-hybridized carbons (Fsp3) is 0.385. The van der Waals surface area contributed by atoms with Crippen LogP contribution in [-0.4, -0.2) is 25.5 Å². The maximum absolute atomic E-state index is 11.8. The summed E-state index contributed by atoms with van der Waals surface area (Å²) in [6.07, 6.45) is -0.0145. The molecule has 0 bridgehead atoms. The molecule has 0 spiro atoms. The molecule has 1 saturated heterocycles. The highest BCUT2D eigenvalue weighted by atomic mass is 16.5. The molecule has 2 rings (SSSR count). The number of methoxy groups -OCH3 is 1. The topological polar surface area (TPSA) is 69.7 Å². The van der Waals surface area contributed by atoms with E-state index in [1.165, 1.54) is 12.0 Å². The Balaban J connectivity index is 2.34. The fourth-order valence-corrected chi connectivity index (χ4v) is 2.11. The van der Waals surface area contributed by atoms with Gasteiger partial charge in [0, 0.05) is 24.9 Å². The first-order valence-corrected chi connectivity index (χ1v) is 5.68. The number of carboxylic acids is 1. The van der Waals surface area contributed by atoms with Crippen LogP contribution in [0, 0.1) is 12.8 Å². The predicted octanol–water partition coefficient (Wildman–Crippen LogP) is 0.106. The molecule has 1 amide bonds. The maximum atomic E-state index is 11.8.